The third kappa shape index (κ3) is 3.22. The van der Waals surface area contributed by atoms with Crippen molar-refractivity contribution in [3.8, 4) is 0 Å². The lowest BCUT2D eigenvalue weighted by Crippen LogP contribution is -2.49. The lowest BCUT2D eigenvalue weighted by Gasteiger charge is -2.31. The van der Waals surface area contributed by atoms with Gasteiger partial charge < -0.3 is 9.42 Å². The summed E-state index contributed by atoms with van der Waals surface area (Å²) in [7, 11) is 0. The second kappa shape index (κ2) is 7.19. The molecule has 138 valence electrons. The zero-order valence-electron chi connectivity index (χ0n) is 14.3. The highest BCUT2D eigenvalue weighted by atomic mass is 35.5. The van der Waals surface area contributed by atoms with E-state index in [1.807, 2.05) is 17.9 Å². The van der Waals surface area contributed by atoms with Crippen LogP contribution >= 0.6 is 23.2 Å². The van der Waals surface area contributed by atoms with Crippen LogP contribution in [-0.2, 0) is 0 Å². The van der Waals surface area contributed by atoms with Gasteiger partial charge in [-0.25, -0.2) is 0 Å². The maximum absolute atomic E-state index is 13.1. The number of hydrazine groups is 1. The molecule has 1 aromatic carbocycles. The molecule has 3 heterocycles. The SMILES string of the molecule is Cc1cc(C2CNNC2C2CCCN2C(=O)c2ccc(Cl)c(Cl)c2)on1. The molecule has 2 aliphatic heterocycles. The van der Waals surface area contributed by atoms with Crippen LogP contribution in [0.3, 0.4) is 0 Å². The Bertz CT molecular complexity index is 825. The van der Waals surface area contributed by atoms with Crippen molar-refractivity contribution in [2.75, 3.05) is 13.1 Å². The van der Waals surface area contributed by atoms with Crippen LogP contribution in [0.25, 0.3) is 0 Å². The van der Waals surface area contributed by atoms with E-state index in [9.17, 15) is 4.79 Å². The normalized spacial score (nSPS) is 25.8. The Morgan fingerprint density at radius 3 is 2.88 bits per heavy atom. The number of hydrogen-bond acceptors (Lipinski definition) is 5. The maximum Gasteiger partial charge on any atom is 0.254 e. The van der Waals surface area contributed by atoms with Crippen LogP contribution < -0.4 is 10.9 Å². The predicted molar refractivity (Wildman–Crippen MR) is 99.4 cm³/mol. The molecule has 2 aliphatic rings. The molecule has 6 nitrogen and oxygen atoms in total. The number of hydrogen-bond donors (Lipinski definition) is 2. The summed E-state index contributed by atoms with van der Waals surface area (Å²) in [6.45, 7) is 3.38. The highest BCUT2D eigenvalue weighted by Crippen LogP contribution is 2.33. The van der Waals surface area contributed by atoms with Gasteiger partial charge in [-0.3, -0.25) is 15.6 Å². The molecule has 26 heavy (non-hydrogen) atoms. The molecule has 2 fully saturated rings. The Kier molecular flexibility index (Phi) is 4.92. The van der Waals surface area contributed by atoms with Crippen LogP contribution in [0.5, 0.6) is 0 Å². The van der Waals surface area contributed by atoms with Crippen molar-refractivity contribution in [3.05, 3.63) is 51.3 Å². The summed E-state index contributed by atoms with van der Waals surface area (Å²) in [5.74, 6) is 0.953. The molecule has 1 aromatic heterocycles. The minimum absolute atomic E-state index is 0.0210. The number of nitrogens with one attached hydrogen (secondary N) is 2. The Labute approximate surface area is 161 Å². The average Bonchev–Trinajstić information content (AvgIpc) is 3.35. The van der Waals surface area contributed by atoms with Gasteiger partial charge in [0.25, 0.3) is 5.91 Å². The predicted octanol–water partition coefficient (Wildman–Crippen LogP) is 3.15. The van der Waals surface area contributed by atoms with Gasteiger partial charge in [0.1, 0.15) is 5.76 Å². The van der Waals surface area contributed by atoms with E-state index in [1.165, 1.54) is 0 Å². The van der Waals surface area contributed by atoms with E-state index in [0.717, 1.165) is 37.4 Å². The van der Waals surface area contributed by atoms with E-state index in [4.69, 9.17) is 27.7 Å². The fourth-order valence-electron chi connectivity index (χ4n) is 3.93. The molecule has 3 unspecified atom stereocenters. The van der Waals surface area contributed by atoms with Crippen molar-refractivity contribution in [1.82, 2.24) is 20.9 Å². The summed E-state index contributed by atoms with van der Waals surface area (Å²) in [5.41, 5.74) is 7.96. The van der Waals surface area contributed by atoms with Gasteiger partial charge in [0.05, 0.1) is 27.7 Å². The van der Waals surface area contributed by atoms with Crippen molar-refractivity contribution in [1.29, 1.82) is 0 Å². The second-order valence-corrected chi connectivity index (χ2v) is 7.68. The van der Waals surface area contributed by atoms with E-state index in [-0.39, 0.29) is 23.9 Å². The Balaban J connectivity index is 1.57. The number of amides is 1. The molecule has 0 radical (unpaired) electrons. The van der Waals surface area contributed by atoms with Gasteiger partial charge in [0, 0.05) is 30.8 Å². The largest absolute Gasteiger partial charge is 0.361 e. The Morgan fingerprint density at radius 1 is 1.31 bits per heavy atom. The summed E-state index contributed by atoms with van der Waals surface area (Å²) >= 11 is 12.1. The number of aromatic nitrogens is 1. The number of carbonyl (C=O) groups is 1. The van der Waals surface area contributed by atoms with E-state index < -0.39 is 0 Å². The van der Waals surface area contributed by atoms with Crippen LogP contribution in [-0.4, -0.2) is 41.1 Å². The number of benzene rings is 1. The molecule has 3 atom stereocenters. The molecule has 0 aliphatic carbocycles. The van der Waals surface area contributed by atoms with Crippen LogP contribution in [0, 0.1) is 6.92 Å². The summed E-state index contributed by atoms with van der Waals surface area (Å²) in [5, 5.41) is 4.84. The van der Waals surface area contributed by atoms with Gasteiger partial charge in [-0.1, -0.05) is 28.4 Å². The summed E-state index contributed by atoms with van der Waals surface area (Å²) in [6, 6.07) is 7.13. The zero-order chi connectivity index (χ0) is 18.3. The van der Waals surface area contributed by atoms with E-state index in [0.29, 0.717) is 15.6 Å². The third-order valence-corrected chi connectivity index (χ3v) is 5.92. The minimum Gasteiger partial charge on any atom is -0.361 e. The number of rotatable bonds is 3. The summed E-state index contributed by atoms with van der Waals surface area (Å²) < 4.78 is 5.48. The summed E-state index contributed by atoms with van der Waals surface area (Å²) in [6.07, 6.45) is 1.91. The smallest absolute Gasteiger partial charge is 0.254 e. The number of aryl methyl sites for hydroxylation is 1. The monoisotopic (exact) mass is 394 g/mol. The van der Waals surface area contributed by atoms with Crippen molar-refractivity contribution < 1.29 is 9.32 Å². The summed E-state index contributed by atoms with van der Waals surface area (Å²) in [4.78, 5) is 15.0. The molecule has 2 aromatic rings. The standard InChI is InChI=1S/C18H20Cl2N4O2/c1-10-7-16(26-23-10)12-9-21-22-17(12)15-3-2-6-24(15)18(25)11-4-5-13(19)14(20)8-11/h4-5,7-8,12,15,17,21-22H,2-3,6,9H2,1H3. The van der Waals surface area contributed by atoms with Crippen LogP contribution in [0.15, 0.2) is 28.8 Å². The first-order chi connectivity index (χ1) is 12.5. The topological polar surface area (TPSA) is 70.4 Å². The van der Waals surface area contributed by atoms with Crippen LogP contribution in [0.4, 0.5) is 0 Å². The lowest BCUT2D eigenvalue weighted by atomic mass is 9.91. The van der Waals surface area contributed by atoms with Crippen molar-refractivity contribution in [2.45, 2.75) is 37.8 Å². The molecule has 2 N–H and O–H groups in total. The molecular weight excluding hydrogens is 375 g/mol. The van der Waals surface area contributed by atoms with Crippen molar-refractivity contribution >= 4 is 29.1 Å². The zero-order valence-corrected chi connectivity index (χ0v) is 15.8. The van der Waals surface area contributed by atoms with Gasteiger partial charge in [-0.2, -0.15) is 0 Å². The molecule has 2 saturated heterocycles. The van der Waals surface area contributed by atoms with Crippen molar-refractivity contribution in [3.63, 3.8) is 0 Å². The highest BCUT2D eigenvalue weighted by molar-refractivity contribution is 6.42. The maximum atomic E-state index is 13.1. The first-order valence-corrected chi connectivity index (χ1v) is 9.48. The first kappa shape index (κ1) is 17.8. The molecule has 0 spiro atoms. The fraction of sp³-hybridized carbons (Fsp3) is 0.444. The average molecular weight is 395 g/mol. The van der Waals surface area contributed by atoms with Crippen molar-refractivity contribution in [2.24, 2.45) is 0 Å². The van der Waals surface area contributed by atoms with E-state index in [1.54, 1.807) is 18.2 Å². The van der Waals surface area contributed by atoms with Gasteiger partial charge in [0.2, 0.25) is 0 Å². The van der Waals surface area contributed by atoms with Gasteiger partial charge in [-0.15, -0.1) is 0 Å². The first-order valence-electron chi connectivity index (χ1n) is 8.72. The molecule has 0 saturated carbocycles. The van der Waals surface area contributed by atoms with Crippen LogP contribution in [0.2, 0.25) is 10.0 Å². The molecule has 1 amide bonds. The Morgan fingerprint density at radius 2 is 2.15 bits per heavy atom. The number of halogens is 2. The second-order valence-electron chi connectivity index (χ2n) is 6.87. The lowest BCUT2D eigenvalue weighted by molar-refractivity contribution is 0.0701. The molecular formula is C18H20Cl2N4O2. The van der Waals surface area contributed by atoms with Gasteiger partial charge in [-0.05, 0) is 38.0 Å². The minimum atomic E-state index is -0.0210. The third-order valence-electron chi connectivity index (χ3n) is 5.18. The molecule has 0 bridgehead atoms. The highest BCUT2D eigenvalue weighted by Gasteiger charge is 2.43. The fourth-order valence-corrected chi connectivity index (χ4v) is 4.23. The van der Waals surface area contributed by atoms with Gasteiger partial charge in [0.15, 0.2) is 0 Å². The molecule has 4 rings (SSSR count). The quantitative estimate of drug-likeness (QED) is 0.836. The van der Waals surface area contributed by atoms with E-state index in [2.05, 4.69) is 16.0 Å². The Hall–Kier alpha value is -1.60. The van der Waals surface area contributed by atoms with E-state index >= 15 is 0 Å². The number of likely N-dealkylation sites (tertiary alicyclic amines) is 1. The molecule has 8 heteroatoms. The van der Waals surface area contributed by atoms with Crippen LogP contribution in [0.1, 0.15) is 40.6 Å². The number of nitrogens with zero attached hydrogens (tertiary/aromatic N) is 2. The van der Waals surface area contributed by atoms with Gasteiger partial charge >= 0.3 is 0 Å². The number of carbonyl (C=O) groups excluding carboxylic acids is 1.